The molecule has 1 aromatic carbocycles. The monoisotopic (exact) mass is 603 g/mol. The SMILES string of the molecule is CN1c2ccccc2C(N(CCC=O)CCNC(=O)C[S-])C2CC=C(Cl)C=C2S1(=O)=O.CO.[Y]. The number of amides is 1. The molecule has 3 rings (SSSR count). The zero-order valence-corrected chi connectivity index (χ0v) is 24.4. The summed E-state index contributed by atoms with van der Waals surface area (Å²) < 4.78 is 28.2. The Morgan fingerprint density at radius 1 is 1.32 bits per heavy atom. The zero-order chi connectivity index (χ0) is 24.6. The van der Waals surface area contributed by atoms with Crippen molar-refractivity contribution in [2.24, 2.45) is 5.92 Å². The maximum absolute atomic E-state index is 13.4. The fraction of sp³-hybridized carbons (Fsp3) is 0.455. The molecule has 2 N–H and O–H groups in total. The predicted molar refractivity (Wildman–Crippen MR) is 132 cm³/mol. The van der Waals surface area contributed by atoms with Gasteiger partial charge in [0.05, 0.1) is 10.6 Å². The Kier molecular flexibility index (Phi) is 13.5. The van der Waals surface area contributed by atoms with E-state index in [0.717, 1.165) is 19.0 Å². The molecule has 1 heterocycles. The van der Waals surface area contributed by atoms with E-state index < -0.39 is 10.0 Å². The third kappa shape index (κ3) is 7.15. The average molecular weight is 604 g/mol. The molecule has 0 saturated carbocycles. The fourth-order valence-electron chi connectivity index (χ4n) is 4.19. The maximum atomic E-state index is 13.4. The van der Waals surface area contributed by atoms with Gasteiger partial charge >= 0.3 is 0 Å². The Balaban J connectivity index is 0.00000188. The van der Waals surface area contributed by atoms with Crippen LogP contribution in [0.3, 0.4) is 0 Å². The third-order valence-electron chi connectivity index (χ3n) is 5.63. The van der Waals surface area contributed by atoms with Crippen molar-refractivity contribution in [3.63, 3.8) is 0 Å². The molecule has 0 saturated heterocycles. The standard InChI is InChI=1S/C21H26ClN3O4S2.CH4O.Y/c1-24-18-6-3-2-5-16(18)21(17-8-7-15(22)13-19(17)31(24,28)29)25(10-4-12-26)11-9-23-20(27)14-30;1-2;/h2-3,5-7,12-13,17,21,30H,4,8-11,14H2,1H3,(H,23,27);2H,1H3;/p-1. The largest absolute Gasteiger partial charge is 0.783 e. The molecule has 12 heteroatoms. The van der Waals surface area contributed by atoms with Gasteiger partial charge in [-0.15, -0.1) is 0 Å². The first-order chi connectivity index (χ1) is 15.8. The number of allylic oxidation sites excluding steroid dienone is 3. The van der Waals surface area contributed by atoms with Crippen LogP contribution in [0.15, 0.2) is 46.4 Å². The first-order valence-electron chi connectivity index (χ1n) is 10.4. The number of hydrogen-bond donors (Lipinski definition) is 2. The maximum Gasteiger partial charge on any atom is 0.260 e. The van der Waals surface area contributed by atoms with Crippen molar-refractivity contribution in [3.05, 3.63) is 51.9 Å². The van der Waals surface area contributed by atoms with Crippen LogP contribution in [0.5, 0.6) is 0 Å². The first-order valence-corrected chi connectivity index (χ1v) is 12.8. The number of halogens is 1. The molecular weight excluding hydrogens is 575 g/mol. The second kappa shape index (κ2) is 14.7. The smallest absolute Gasteiger partial charge is 0.260 e. The Morgan fingerprint density at radius 2 is 2.00 bits per heavy atom. The van der Waals surface area contributed by atoms with Crippen molar-refractivity contribution < 1.29 is 55.8 Å². The van der Waals surface area contributed by atoms with Crippen LogP contribution in [0.1, 0.15) is 24.4 Å². The molecule has 1 aliphatic heterocycles. The molecule has 34 heavy (non-hydrogen) atoms. The predicted octanol–water partition coefficient (Wildman–Crippen LogP) is 1.69. The van der Waals surface area contributed by atoms with Crippen molar-refractivity contribution >= 4 is 52.1 Å². The van der Waals surface area contributed by atoms with Crippen LogP contribution in [0, 0.1) is 5.92 Å². The topological polar surface area (TPSA) is 107 Å². The van der Waals surface area contributed by atoms with E-state index in [1.54, 1.807) is 19.2 Å². The van der Waals surface area contributed by atoms with Crippen LogP contribution in [0.4, 0.5) is 5.69 Å². The number of carbonyl (C=O) groups excluding carboxylic acids is 2. The van der Waals surface area contributed by atoms with Crippen molar-refractivity contribution in [1.82, 2.24) is 10.2 Å². The summed E-state index contributed by atoms with van der Waals surface area (Å²) in [6, 6.07) is 7.07. The number of nitrogens with one attached hydrogen (secondary N) is 1. The molecule has 1 aromatic rings. The Labute approximate surface area is 237 Å². The van der Waals surface area contributed by atoms with E-state index in [4.69, 9.17) is 29.3 Å². The molecule has 185 valence electrons. The summed E-state index contributed by atoms with van der Waals surface area (Å²) in [4.78, 5) is 25.1. The Hall–Kier alpha value is -0.746. The quantitative estimate of drug-likeness (QED) is 0.344. The molecule has 2 aliphatic rings. The number of fused-ring (bicyclic) bond motifs is 2. The van der Waals surface area contributed by atoms with Gasteiger partial charge in [0.1, 0.15) is 6.29 Å². The van der Waals surface area contributed by atoms with Gasteiger partial charge in [-0.2, -0.15) is 0 Å². The number of aliphatic hydroxyl groups is 1. The van der Waals surface area contributed by atoms with E-state index in [2.05, 4.69) is 10.2 Å². The number of aldehydes is 1. The minimum atomic E-state index is -3.78. The van der Waals surface area contributed by atoms with Crippen LogP contribution in [0.2, 0.25) is 0 Å². The number of carbonyl (C=O) groups is 2. The van der Waals surface area contributed by atoms with Crippen molar-refractivity contribution in [1.29, 1.82) is 0 Å². The van der Waals surface area contributed by atoms with Crippen LogP contribution in [0.25, 0.3) is 0 Å². The Bertz CT molecular complexity index is 1020. The van der Waals surface area contributed by atoms with Crippen molar-refractivity contribution in [3.8, 4) is 0 Å². The number of para-hydroxylation sites is 1. The molecule has 2 unspecified atom stereocenters. The van der Waals surface area contributed by atoms with E-state index in [1.807, 2.05) is 18.2 Å². The van der Waals surface area contributed by atoms with Crippen LogP contribution >= 0.6 is 11.6 Å². The second-order valence-corrected chi connectivity index (χ2v) is 10.1. The summed E-state index contributed by atoms with van der Waals surface area (Å²) in [6.45, 7) is 1.22. The van der Waals surface area contributed by atoms with Gasteiger partial charge in [-0.05, 0) is 24.1 Å². The van der Waals surface area contributed by atoms with Gasteiger partial charge in [0.15, 0.2) is 5.91 Å². The number of sulfonamides is 1. The van der Waals surface area contributed by atoms with E-state index in [0.29, 0.717) is 43.2 Å². The third-order valence-corrected chi connectivity index (χ3v) is 8.09. The molecule has 0 fully saturated rings. The number of hydrogen-bond acceptors (Lipinski definition) is 7. The summed E-state index contributed by atoms with van der Waals surface area (Å²) in [6.07, 6.45) is 4.93. The molecule has 2 atom stereocenters. The first kappa shape index (κ1) is 31.3. The van der Waals surface area contributed by atoms with E-state index in [-0.39, 0.29) is 61.2 Å². The van der Waals surface area contributed by atoms with Gasteiger partial charge in [0.25, 0.3) is 10.0 Å². The minimum Gasteiger partial charge on any atom is -0.783 e. The minimum absolute atomic E-state index is 0. The fourth-order valence-corrected chi connectivity index (χ4v) is 6.18. The summed E-state index contributed by atoms with van der Waals surface area (Å²) >= 11 is 11.0. The van der Waals surface area contributed by atoms with E-state index >= 15 is 0 Å². The molecule has 1 aliphatic carbocycles. The Morgan fingerprint density at radius 3 is 2.65 bits per heavy atom. The van der Waals surface area contributed by atoms with Gasteiger partial charge in [0.2, 0.25) is 0 Å². The van der Waals surface area contributed by atoms with E-state index in [1.165, 1.54) is 10.4 Å². The second-order valence-electron chi connectivity index (χ2n) is 7.44. The van der Waals surface area contributed by atoms with Gasteiger partial charge in [0, 0.05) is 89.9 Å². The number of rotatable bonds is 8. The summed E-state index contributed by atoms with van der Waals surface area (Å²) in [5.74, 6) is -0.635. The molecule has 0 bridgehead atoms. The molecule has 0 spiro atoms. The number of benzene rings is 1. The van der Waals surface area contributed by atoms with Crippen molar-refractivity contribution in [2.75, 3.05) is 43.8 Å². The van der Waals surface area contributed by atoms with Crippen LogP contribution < -0.4 is 9.62 Å². The number of nitrogens with zero attached hydrogens (tertiary/aromatic N) is 2. The average Bonchev–Trinajstić information content (AvgIpc) is 2.89. The van der Waals surface area contributed by atoms with Gasteiger partial charge in [-0.1, -0.05) is 41.6 Å². The van der Waals surface area contributed by atoms with Crippen LogP contribution in [-0.2, 0) is 65.0 Å². The summed E-state index contributed by atoms with van der Waals surface area (Å²) in [5.41, 5.74) is 1.44. The molecular formula is C22H29ClN3O5S2Y-. The van der Waals surface area contributed by atoms with Crippen molar-refractivity contribution in [2.45, 2.75) is 18.9 Å². The molecule has 1 amide bonds. The molecule has 0 aromatic heterocycles. The van der Waals surface area contributed by atoms with Gasteiger partial charge in [-0.25, -0.2) is 8.42 Å². The molecule has 1 radical (unpaired) electrons. The number of aliphatic hydroxyl groups excluding tert-OH is 1. The van der Waals surface area contributed by atoms with Gasteiger partial charge in [-0.3, -0.25) is 14.0 Å². The summed E-state index contributed by atoms with van der Waals surface area (Å²) in [7, 11) is -1.24. The number of anilines is 1. The van der Waals surface area contributed by atoms with E-state index in [9.17, 15) is 18.0 Å². The normalized spacial score (nSPS) is 20.2. The zero-order valence-electron chi connectivity index (χ0n) is 19.2. The van der Waals surface area contributed by atoms with Crippen LogP contribution in [-0.4, -0.2) is 70.2 Å². The van der Waals surface area contributed by atoms with Gasteiger partial charge < -0.3 is 27.8 Å². The summed E-state index contributed by atoms with van der Waals surface area (Å²) in [5, 5.41) is 10.2. The molecule has 8 nitrogen and oxygen atoms in total.